The number of hydrogen-bond acceptors (Lipinski definition) is 2. The van der Waals surface area contributed by atoms with Gasteiger partial charge in [0.05, 0.1) is 0 Å². The Morgan fingerprint density at radius 1 is 1.25 bits per heavy atom. The van der Waals surface area contributed by atoms with E-state index in [0.29, 0.717) is 18.2 Å². The van der Waals surface area contributed by atoms with Crippen molar-refractivity contribution >= 4 is 11.6 Å². The first kappa shape index (κ1) is 14.9. The summed E-state index contributed by atoms with van der Waals surface area (Å²) in [5.41, 5.74) is 1.27. The zero-order chi connectivity index (χ0) is 14.4. The number of rotatable bonds is 5. The van der Waals surface area contributed by atoms with Crippen LogP contribution in [0.2, 0.25) is 0 Å². The van der Waals surface area contributed by atoms with E-state index in [4.69, 9.17) is 0 Å². The van der Waals surface area contributed by atoms with Crippen molar-refractivity contribution in [1.82, 2.24) is 4.90 Å². The molecular formula is C17H26N2O. The van der Waals surface area contributed by atoms with Crippen LogP contribution in [0.15, 0.2) is 30.3 Å². The van der Waals surface area contributed by atoms with Crippen molar-refractivity contribution in [2.45, 2.75) is 32.6 Å². The van der Waals surface area contributed by atoms with Crippen LogP contribution in [0.1, 0.15) is 32.6 Å². The van der Waals surface area contributed by atoms with Gasteiger partial charge in [0.25, 0.3) is 0 Å². The van der Waals surface area contributed by atoms with Crippen molar-refractivity contribution in [3.63, 3.8) is 0 Å². The van der Waals surface area contributed by atoms with Crippen LogP contribution in [-0.4, -0.2) is 37.5 Å². The van der Waals surface area contributed by atoms with E-state index < -0.39 is 0 Å². The van der Waals surface area contributed by atoms with Crippen molar-refractivity contribution in [2.75, 3.05) is 31.6 Å². The Kier molecular flexibility index (Phi) is 5.45. The quantitative estimate of drug-likeness (QED) is 0.823. The lowest BCUT2D eigenvalue weighted by molar-refractivity contribution is -0.132. The highest BCUT2D eigenvalue weighted by Gasteiger charge is 2.23. The van der Waals surface area contributed by atoms with Gasteiger partial charge in [-0.25, -0.2) is 0 Å². The van der Waals surface area contributed by atoms with Crippen LogP contribution < -0.4 is 4.90 Å². The maximum Gasteiger partial charge on any atom is 0.222 e. The Hall–Kier alpha value is -1.51. The summed E-state index contributed by atoms with van der Waals surface area (Å²) >= 11 is 0. The number of nitrogens with zero attached hydrogens (tertiary/aromatic N) is 2. The van der Waals surface area contributed by atoms with Gasteiger partial charge in [-0.2, -0.15) is 0 Å². The number of piperidine rings is 1. The monoisotopic (exact) mass is 274 g/mol. The van der Waals surface area contributed by atoms with Crippen LogP contribution in [0, 0.1) is 5.92 Å². The molecular weight excluding hydrogens is 248 g/mol. The predicted molar refractivity (Wildman–Crippen MR) is 83.9 cm³/mol. The van der Waals surface area contributed by atoms with Gasteiger partial charge >= 0.3 is 0 Å². The van der Waals surface area contributed by atoms with Crippen molar-refractivity contribution in [3.8, 4) is 0 Å². The SMILES string of the molecule is CCCC(=O)N1CCC(CN(C)c2ccccc2)CC1. The minimum absolute atomic E-state index is 0.336. The van der Waals surface area contributed by atoms with Crippen LogP contribution in [-0.2, 0) is 4.79 Å². The first-order valence-corrected chi connectivity index (χ1v) is 7.74. The lowest BCUT2D eigenvalue weighted by Gasteiger charge is -2.34. The number of para-hydroxylation sites is 1. The third-order valence-corrected chi connectivity index (χ3v) is 4.16. The number of carbonyl (C=O) groups excluding carboxylic acids is 1. The number of carbonyl (C=O) groups is 1. The molecule has 0 bridgehead atoms. The van der Waals surface area contributed by atoms with Gasteiger partial charge < -0.3 is 9.80 Å². The van der Waals surface area contributed by atoms with Crippen molar-refractivity contribution in [3.05, 3.63) is 30.3 Å². The van der Waals surface area contributed by atoms with Gasteiger partial charge in [0.2, 0.25) is 5.91 Å². The molecule has 1 saturated heterocycles. The fourth-order valence-corrected chi connectivity index (χ4v) is 2.91. The molecule has 1 aromatic carbocycles. The highest BCUT2D eigenvalue weighted by Crippen LogP contribution is 2.21. The summed E-state index contributed by atoms with van der Waals surface area (Å²) in [7, 11) is 2.16. The standard InChI is InChI=1S/C17H26N2O/c1-3-7-17(20)19-12-10-15(11-13-19)14-18(2)16-8-5-4-6-9-16/h4-6,8-9,15H,3,7,10-14H2,1-2H3. The number of anilines is 1. The molecule has 0 N–H and O–H groups in total. The summed E-state index contributed by atoms with van der Waals surface area (Å²) in [4.78, 5) is 16.2. The molecule has 3 heteroatoms. The molecule has 1 aliphatic rings. The number of benzene rings is 1. The summed E-state index contributed by atoms with van der Waals surface area (Å²) in [5.74, 6) is 1.04. The molecule has 3 nitrogen and oxygen atoms in total. The number of likely N-dealkylation sites (tertiary alicyclic amines) is 1. The van der Waals surface area contributed by atoms with Gasteiger partial charge in [0.15, 0.2) is 0 Å². The molecule has 0 radical (unpaired) electrons. The maximum atomic E-state index is 11.9. The van der Waals surface area contributed by atoms with Gasteiger partial charge in [-0.3, -0.25) is 4.79 Å². The highest BCUT2D eigenvalue weighted by molar-refractivity contribution is 5.76. The minimum Gasteiger partial charge on any atom is -0.374 e. The van der Waals surface area contributed by atoms with Gasteiger partial charge in [-0.05, 0) is 37.3 Å². The topological polar surface area (TPSA) is 23.6 Å². The Morgan fingerprint density at radius 3 is 2.50 bits per heavy atom. The van der Waals surface area contributed by atoms with Gasteiger partial charge in [-0.15, -0.1) is 0 Å². The molecule has 0 aliphatic carbocycles. The van der Waals surface area contributed by atoms with E-state index in [1.54, 1.807) is 0 Å². The van der Waals surface area contributed by atoms with E-state index in [1.807, 2.05) is 4.90 Å². The first-order valence-electron chi connectivity index (χ1n) is 7.74. The second-order valence-electron chi connectivity index (χ2n) is 5.79. The average Bonchev–Trinajstić information content (AvgIpc) is 2.49. The van der Waals surface area contributed by atoms with E-state index in [-0.39, 0.29) is 0 Å². The molecule has 1 heterocycles. The molecule has 0 unspecified atom stereocenters. The third-order valence-electron chi connectivity index (χ3n) is 4.16. The molecule has 0 aromatic heterocycles. The normalized spacial score (nSPS) is 16.2. The zero-order valence-electron chi connectivity index (χ0n) is 12.7. The molecule has 2 rings (SSSR count). The zero-order valence-corrected chi connectivity index (χ0v) is 12.7. The van der Waals surface area contributed by atoms with E-state index in [9.17, 15) is 4.79 Å². The molecule has 1 amide bonds. The highest BCUT2D eigenvalue weighted by atomic mass is 16.2. The van der Waals surface area contributed by atoms with E-state index in [2.05, 4.69) is 49.2 Å². The van der Waals surface area contributed by atoms with Gasteiger partial charge in [0.1, 0.15) is 0 Å². The number of hydrogen-bond donors (Lipinski definition) is 0. The van der Waals surface area contributed by atoms with E-state index in [0.717, 1.165) is 38.9 Å². The molecule has 0 spiro atoms. The van der Waals surface area contributed by atoms with Crippen LogP contribution in [0.3, 0.4) is 0 Å². The molecule has 1 aromatic rings. The predicted octanol–water partition coefficient (Wildman–Crippen LogP) is 3.16. The van der Waals surface area contributed by atoms with E-state index >= 15 is 0 Å². The Labute approximate surface area is 122 Å². The summed E-state index contributed by atoms with van der Waals surface area (Å²) < 4.78 is 0. The second kappa shape index (κ2) is 7.32. The van der Waals surface area contributed by atoms with Crippen LogP contribution in [0.4, 0.5) is 5.69 Å². The molecule has 20 heavy (non-hydrogen) atoms. The Balaban J connectivity index is 1.78. The van der Waals surface area contributed by atoms with Crippen molar-refractivity contribution in [1.29, 1.82) is 0 Å². The minimum atomic E-state index is 0.336. The summed E-state index contributed by atoms with van der Waals surface area (Å²) in [5, 5.41) is 0. The van der Waals surface area contributed by atoms with Crippen molar-refractivity contribution < 1.29 is 4.79 Å². The summed E-state index contributed by atoms with van der Waals surface area (Å²) in [6.45, 7) is 5.03. The average molecular weight is 274 g/mol. The van der Waals surface area contributed by atoms with Crippen LogP contribution in [0.25, 0.3) is 0 Å². The molecule has 1 aliphatic heterocycles. The van der Waals surface area contributed by atoms with Crippen molar-refractivity contribution in [2.24, 2.45) is 5.92 Å². The fraction of sp³-hybridized carbons (Fsp3) is 0.588. The third kappa shape index (κ3) is 3.99. The largest absolute Gasteiger partial charge is 0.374 e. The lowest BCUT2D eigenvalue weighted by Crippen LogP contribution is -2.41. The molecule has 0 atom stereocenters. The Morgan fingerprint density at radius 2 is 1.90 bits per heavy atom. The van der Waals surface area contributed by atoms with E-state index in [1.165, 1.54) is 5.69 Å². The maximum absolute atomic E-state index is 11.9. The summed E-state index contributed by atoms with van der Waals surface area (Å²) in [6, 6.07) is 10.5. The van der Waals surface area contributed by atoms with Gasteiger partial charge in [-0.1, -0.05) is 25.1 Å². The molecule has 1 fully saturated rings. The van der Waals surface area contributed by atoms with Gasteiger partial charge in [0, 0.05) is 38.8 Å². The smallest absolute Gasteiger partial charge is 0.222 e. The molecule has 110 valence electrons. The lowest BCUT2D eigenvalue weighted by atomic mass is 9.96. The Bertz CT molecular complexity index is 410. The molecule has 0 saturated carbocycles. The fourth-order valence-electron chi connectivity index (χ4n) is 2.91. The van der Waals surface area contributed by atoms with Crippen LogP contribution >= 0.6 is 0 Å². The second-order valence-corrected chi connectivity index (χ2v) is 5.79. The first-order chi connectivity index (χ1) is 9.70. The summed E-state index contributed by atoms with van der Waals surface area (Å²) in [6.07, 6.45) is 3.92. The van der Waals surface area contributed by atoms with Crippen LogP contribution in [0.5, 0.6) is 0 Å². The number of amides is 1.